The number of nitrogens with two attached hydrogens (primary N) is 1. The fourth-order valence-corrected chi connectivity index (χ4v) is 3.66. The van der Waals surface area contributed by atoms with E-state index in [1.165, 1.54) is 0 Å². The Morgan fingerprint density at radius 3 is 2.06 bits per heavy atom. The molecule has 1 saturated heterocycles. The number of primary amides is 1. The van der Waals surface area contributed by atoms with Crippen LogP contribution < -0.4 is 15.8 Å². The van der Waals surface area contributed by atoms with Gasteiger partial charge in [0.05, 0.1) is 13.2 Å². The van der Waals surface area contributed by atoms with Crippen LogP contribution in [0.15, 0.2) is 48.5 Å². The fourth-order valence-electron chi connectivity index (χ4n) is 3.66. The van der Waals surface area contributed by atoms with Gasteiger partial charge in [0.15, 0.2) is 0 Å². The van der Waals surface area contributed by atoms with Crippen LogP contribution in [0.4, 0.5) is 0 Å². The molecule has 0 aromatic heterocycles. The predicted molar refractivity (Wildman–Crippen MR) is 119 cm³/mol. The lowest BCUT2D eigenvalue weighted by atomic mass is 10.0. The largest absolute Gasteiger partial charge is 0.457 e. The van der Waals surface area contributed by atoms with E-state index in [9.17, 15) is 9.59 Å². The van der Waals surface area contributed by atoms with Crippen molar-refractivity contribution in [3.63, 3.8) is 0 Å². The van der Waals surface area contributed by atoms with E-state index in [2.05, 4.69) is 24.1 Å². The smallest absolute Gasteiger partial charge is 0.251 e. The lowest BCUT2D eigenvalue weighted by Crippen LogP contribution is -2.49. The Balaban J connectivity index is 1.55. The Morgan fingerprint density at radius 2 is 1.55 bits per heavy atom. The third-order valence-corrected chi connectivity index (χ3v) is 5.29. The van der Waals surface area contributed by atoms with Crippen molar-refractivity contribution in [3.05, 3.63) is 59.7 Å². The summed E-state index contributed by atoms with van der Waals surface area (Å²) in [5.41, 5.74) is 6.25. The van der Waals surface area contributed by atoms with Crippen molar-refractivity contribution in [2.24, 2.45) is 11.7 Å². The summed E-state index contributed by atoms with van der Waals surface area (Å²) in [5, 5.41) is 3.08. The van der Waals surface area contributed by atoms with Crippen molar-refractivity contribution in [2.45, 2.75) is 26.3 Å². The first-order valence-corrected chi connectivity index (χ1v) is 10.7. The summed E-state index contributed by atoms with van der Waals surface area (Å²) in [4.78, 5) is 26.2. The summed E-state index contributed by atoms with van der Waals surface area (Å²) in [7, 11) is 0. The Labute approximate surface area is 183 Å². The van der Waals surface area contributed by atoms with E-state index >= 15 is 0 Å². The molecule has 1 aliphatic heterocycles. The van der Waals surface area contributed by atoms with Gasteiger partial charge in [-0.2, -0.15) is 0 Å². The molecule has 1 atom stereocenters. The normalized spacial score (nSPS) is 15.5. The molecule has 1 unspecified atom stereocenters. The summed E-state index contributed by atoms with van der Waals surface area (Å²) >= 11 is 0. The minimum absolute atomic E-state index is 0.0978. The maximum absolute atomic E-state index is 12.6. The number of carbonyl (C=O) groups excluding carboxylic acids is 2. The van der Waals surface area contributed by atoms with Gasteiger partial charge in [-0.05, 0) is 60.9 Å². The van der Waals surface area contributed by atoms with Crippen molar-refractivity contribution in [2.75, 3.05) is 32.8 Å². The van der Waals surface area contributed by atoms with E-state index in [0.29, 0.717) is 41.1 Å². The molecule has 3 rings (SSSR count). The van der Waals surface area contributed by atoms with E-state index in [1.54, 1.807) is 48.5 Å². The number of nitrogens with one attached hydrogen (secondary N) is 1. The second kappa shape index (κ2) is 10.9. The highest BCUT2D eigenvalue weighted by Gasteiger charge is 2.22. The summed E-state index contributed by atoms with van der Waals surface area (Å²) < 4.78 is 11.2. The Morgan fingerprint density at radius 1 is 1.00 bits per heavy atom. The van der Waals surface area contributed by atoms with E-state index in [4.69, 9.17) is 15.2 Å². The highest BCUT2D eigenvalue weighted by molar-refractivity contribution is 5.94. The van der Waals surface area contributed by atoms with Crippen molar-refractivity contribution in [1.29, 1.82) is 0 Å². The van der Waals surface area contributed by atoms with Gasteiger partial charge in [0.2, 0.25) is 5.91 Å². The topological polar surface area (TPSA) is 93.9 Å². The average Bonchev–Trinajstić information content (AvgIpc) is 2.77. The first kappa shape index (κ1) is 22.8. The van der Waals surface area contributed by atoms with Crippen LogP contribution in [0.1, 0.15) is 41.0 Å². The number of carbonyl (C=O) groups is 2. The Kier molecular flexibility index (Phi) is 8.03. The second-order valence-corrected chi connectivity index (χ2v) is 8.16. The monoisotopic (exact) mass is 425 g/mol. The molecule has 2 aromatic rings. The quantitative estimate of drug-likeness (QED) is 0.644. The molecule has 7 heteroatoms. The average molecular weight is 426 g/mol. The molecular formula is C24H31N3O4. The molecule has 1 fully saturated rings. The van der Waals surface area contributed by atoms with Gasteiger partial charge in [-0.15, -0.1) is 0 Å². The summed E-state index contributed by atoms with van der Waals surface area (Å²) in [6, 6.07) is 13.9. The molecule has 166 valence electrons. The summed E-state index contributed by atoms with van der Waals surface area (Å²) in [6.07, 6.45) is 1.03. The van der Waals surface area contributed by atoms with E-state index in [1.807, 2.05) is 0 Å². The van der Waals surface area contributed by atoms with E-state index in [-0.39, 0.29) is 5.91 Å². The summed E-state index contributed by atoms with van der Waals surface area (Å²) in [6.45, 7) is 8.32. The maximum Gasteiger partial charge on any atom is 0.251 e. The molecule has 0 spiro atoms. The van der Waals surface area contributed by atoms with Crippen LogP contribution in [-0.4, -0.2) is 55.6 Å². The van der Waals surface area contributed by atoms with E-state index < -0.39 is 5.91 Å². The third kappa shape index (κ3) is 6.80. The van der Waals surface area contributed by atoms with Crippen LogP contribution in [0, 0.1) is 5.92 Å². The number of amides is 2. The standard InChI is InChI=1S/C24H31N3O4/c1-17(2)15-20(27-11-13-30-14-12-27)16-26-24(29)19-5-9-22(10-6-19)31-21-7-3-18(4-8-21)23(25)28/h3-10,17,20H,11-16H2,1-2H3,(H2,25,28)(H,26,29). The van der Waals surface area contributed by atoms with Gasteiger partial charge in [-0.1, -0.05) is 13.8 Å². The molecule has 0 saturated carbocycles. The number of ether oxygens (including phenoxy) is 2. The summed E-state index contributed by atoms with van der Waals surface area (Å²) in [5.74, 6) is 1.17. The fraction of sp³-hybridized carbons (Fsp3) is 0.417. The molecule has 3 N–H and O–H groups in total. The van der Waals surface area contributed by atoms with Crippen molar-refractivity contribution < 1.29 is 19.1 Å². The molecule has 0 aliphatic carbocycles. The number of nitrogens with zero attached hydrogens (tertiary/aromatic N) is 1. The zero-order valence-corrected chi connectivity index (χ0v) is 18.2. The molecule has 31 heavy (non-hydrogen) atoms. The first-order valence-electron chi connectivity index (χ1n) is 10.7. The third-order valence-electron chi connectivity index (χ3n) is 5.29. The Hall–Kier alpha value is -2.90. The lowest BCUT2D eigenvalue weighted by Gasteiger charge is -2.35. The van der Waals surface area contributed by atoms with Crippen LogP contribution in [0.25, 0.3) is 0 Å². The lowest BCUT2D eigenvalue weighted by molar-refractivity contribution is 0.0124. The van der Waals surface area contributed by atoms with Crippen LogP contribution in [0.2, 0.25) is 0 Å². The van der Waals surface area contributed by atoms with Gasteiger partial charge in [0.25, 0.3) is 5.91 Å². The van der Waals surface area contributed by atoms with Crippen molar-refractivity contribution >= 4 is 11.8 Å². The highest BCUT2D eigenvalue weighted by atomic mass is 16.5. The zero-order chi connectivity index (χ0) is 22.2. The van der Waals surface area contributed by atoms with Crippen LogP contribution in [0.5, 0.6) is 11.5 Å². The predicted octanol–water partition coefficient (Wildman–Crippen LogP) is 3.05. The molecule has 1 aliphatic rings. The second-order valence-electron chi connectivity index (χ2n) is 8.16. The van der Waals surface area contributed by atoms with Gasteiger partial charge >= 0.3 is 0 Å². The number of benzene rings is 2. The maximum atomic E-state index is 12.6. The molecular weight excluding hydrogens is 394 g/mol. The zero-order valence-electron chi connectivity index (χ0n) is 18.2. The van der Waals surface area contributed by atoms with Gasteiger partial charge in [-0.25, -0.2) is 0 Å². The molecule has 7 nitrogen and oxygen atoms in total. The van der Waals surface area contributed by atoms with Gasteiger partial charge in [0.1, 0.15) is 11.5 Å². The number of hydrogen-bond acceptors (Lipinski definition) is 5. The molecule has 0 bridgehead atoms. The molecule has 0 radical (unpaired) electrons. The van der Waals surface area contributed by atoms with Crippen LogP contribution >= 0.6 is 0 Å². The van der Waals surface area contributed by atoms with Gasteiger partial charge in [0, 0.05) is 36.8 Å². The molecule has 2 aromatic carbocycles. The van der Waals surface area contributed by atoms with Crippen LogP contribution in [-0.2, 0) is 4.74 Å². The van der Waals surface area contributed by atoms with Gasteiger partial charge < -0.3 is 20.5 Å². The first-order chi connectivity index (χ1) is 14.9. The minimum atomic E-state index is -0.480. The number of morpholine rings is 1. The molecule has 2 amide bonds. The number of rotatable bonds is 9. The van der Waals surface area contributed by atoms with Gasteiger partial charge in [-0.3, -0.25) is 14.5 Å². The highest BCUT2D eigenvalue weighted by Crippen LogP contribution is 2.22. The van der Waals surface area contributed by atoms with Crippen LogP contribution in [0.3, 0.4) is 0 Å². The molecule has 1 heterocycles. The van der Waals surface area contributed by atoms with E-state index in [0.717, 1.165) is 32.7 Å². The SMILES string of the molecule is CC(C)CC(CNC(=O)c1ccc(Oc2ccc(C(N)=O)cc2)cc1)N1CCOCC1. The minimum Gasteiger partial charge on any atom is -0.457 e. The van der Waals surface area contributed by atoms with Crippen molar-refractivity contribution in [1.82, 2.24) is 10.2 Å². The van der Waals surface area contributed by atoms with Crippen molar-refractivity contribution in [3.8, 4) is 11.5 Å². The number of hydrogen-bond donors (Lipinski definition) is 2. The Bertz CT molecular complexity index is 859.